The number of ether oxygens (including phenoxy) is 1. The number of Topliss-reactive ketones (excluding diaryl/α,β-unsaturated/α-hetero) is 1. The molecule has 0 amide bonds. The molecule has 1 aromatic rings. The summed E-state index contributed by atoms with van der Waals surface area (Å²) < 4.78 is 5.01. The number of rotatable bonds is 6. The fraction of sp³-hybridized carbons (Fsp3) is 0.545. The molecule has 1 N–H and O–H groups in total. The highest BCUT2D eigenvalue weighted by atomic mass is 16.5. The fourth-order valence-electron chi connectivity index (χ4n) is 1.33. The SMILES string of the molecule is CCNCC(C)C(=O)c1nccnc1OC. The number of aromatic nitrogens is 2. The van der Waals surface area contributed by atoms with Gasteiger partial charge in [-0.05, 0) is 6.54 Å². The summed E-state index contributed by atoms with van der Waals surface area (Å²) in [7, 11) is 1.48. The molecule has 1 rings (SSSR count). The lowest BCUT2D eigenvalue weighted by Crippen LogP contribution is -2.27. The summed E-state index contributed by atoms with van der Waals surface area (Å²) in [6.07, 6.45) is 3.00. The lowest BCUT2D eigenvalue weighted by molar-refractivity contribution is 0.0920. The summed E-state index contributed by atoms with van der Waals surface area (Å²) in [6.45, 7) is 5.34. The van der Waals surface area contributed by atoms with Gasteiger partial charge in [-0.15, -0.1) is 0 Å². The second kappa shape index (κ2) is 6.17. The van der Waals surface area contributed by atoms with E-state index < -0.39 is 0 Å². The van der Waals surface area contributed by atoms with Crippen LogP contribution >= 0.6 is 0 Å². The summed E-state index contributed by atoms with van der Waals surface area (Å²) in [5.74, 6) is 0.104. The molecule has 0 aliphatic carbocycles. The van der Waals surface area contributed by atoms with Crippen LogP contribution < -0.4 is 10.1 Å². The third-order valence-corrected chi connectivity index (χ3v) is 2.24. The second-order valence-electron chi connectivity index (χ2n) is 3.49. The van der Waals surface area contributed by atoms with Crippen molar-refractivity contribution in [3.05, 3.63) is 18.1 Å². The number of nitrogens with zero attached hydrogens (tertiary/aromatic N) is 2. The van der Waals surface area contributed by atoms with Gasteiger partial charge in [-0.1, -0.05) is 13.8 Å². The standard InChI is InChI=1S/C11H17N3O2/c1-4-12-7-8(2)10(15)9-11(16-3)14-6-5-13-9/h5-6,8,12H,4,7H2,1-3H3. The third-order valence-electron chi connectivity index (χ3n) is 2.24. The van der Waals surface area contributed by atoms with Crippen LogP contribution in [0.25, 0.3) is 0 Å². The zero-order valence-corrected chi connectivity index (χ0v) is 9.86. The van der Waals surface area contributed by atoms with Gasteiger partial charge in [-0.2, -0.15) is 0 Å². The monoisotopic (exact) mass is 223 g/mol. The Balaban J connectivity index is 2.79. The molecule has 0 saturated heterocycles. The Kier molecular flexibility index (Phi) is 4.85. The molecule has 0 saturated carbocycles. The normalized spacial score (nSPS) is 12.2. The number of methoxy groups -OCH3 is 1. The molecule has 1 unspecified atom stereocenters. The van der Waals surface area contributed by atoms with Gasteiger partial charge < -0.3 is 10.1 Å². The Labute approximate surface area is 95.3 Å². The van der Waals surface area contributed by atoms with E-state index in [4.69, 9.17) is 4.74 Å². The number of nitrogens with one attached hydrogen (secondary N) is 1. The number of carbonyl (C=O) groups is 1. The molecule has 0 aliphatic rings. The van der Waals surface area contributed by atoms with Gasteiger partial charge in [0.15, 0.2) is 11.5 Å². The first-order valence-electron chi connectivity index (χ1n) is 5.30. The molecule has 88 valence electrons. The van der Waals surface area contributed by atoms with E-state index in [2.05, 4.69) is 15.3 Å². The minimum atomic E-state index is -0.134. The summed E-state index contributed by atoms with van der Waals surface area (Å²) >= 11 is 0. The maximum atomic E-state index is 12.0. The molecule has 1 aromatic heterocycles. The fourth-order valence-corrected chi connectivity index (χ4v) is 1.33. The number of ketones is 1. The summed E-state index contributed by atoms with van der Waals surface area (Å²) in [5.41, 5.74) is 0.301. The third kappa shape index (κ3) is 3.00. The summed E-state index contributed by atoms with van der Waals surface area (Å²) in [4.78, 5) is 20.0. The van der Waals surface area contributed by atoms with Crippen LogP contribution in [0, 0.1) is 5.92 Å². The van der Waals surface area contributed by atoms with Crippen LogP contribution in [-0.2, 0) is 0 Å². The molecule has 0 spiro atoms. The van der Waals surface area contributed by atoms with E-state index in [1.165, 1.54) is 19.5 Å². The van der Waals surface area contributed by atoms with Crippen LogP contribution in [0.15, 0.2) is 12.4 Å². The molecule has 1 atom stereocenters. The van der Waals surface area contributed by atoms with Crippen molar-refractivity contribution in [3.63, 3.8) is 0 Å². The van der Waals surface area contributed by atoms with Gasteiger partial charge in [0, 0.05) is 24.9 Å². The van der Waals surface area contributed by atoms with Crippen LogP contribution in [0.3, 0.4) is 0 Å². The van der Waals surface area contributed by atoms with Gasteiger partial charge >= 0.3 is 0 Å². The zero-order chi connectivity index (χ0) is 12.0. The number of hydrogen-bond acceptors (Lipinski definition) is 5. The maximum absolute atomic E-state index is 12.0. The molecule has 5 heteroatoms. The molecular weight excluding hydrogens is 206 g/mol. The van der Waals surface area contributed by atoms with Gasteiger partial charge in [0.1, 0.15) is 0 Å². The van der Waals surface area contributed by atoms with Crippen LogP contribution in [0.1, 0.15) is 24.3 Å². The predicted molar refractivity (Wildman–Crippen MR) is 60.6 cm³/mol. The molecule has 0 radical (unpaired) electrons. The van der Waals surface area contributed by atoms with E-state index in [1.54, 1.807) is 0 Å². The van der Waals surface area contributed by atoms with Gasteiger partial charge in [0.25, 0.3) is 0 Å². The van der Waals surface area contributed by atoms with Crippen LogP contribution in [-0.4, -0.2) is 36.0 Å². The molecule has 5 nitrogen and oxygen atoms in total. The molecule has 0 aliphatic heterocycles. The Bertz CT molecular complexity index is 355. The lowest BCUT2D eigenvalue weighted by atomic mass is 10.0. The van der Waals surface area contributed by atoms with Crippen LogP contribution in [0.2, 0.25) is 0 Å². The van der Waals surface area contributed by atoms with E-state index in [-0.39, 0.29) is 17.6 Å². The number of carbonyl (C=O) groups excluding carboxylic acids is 1. The first-order chi connectivity index (χ1) is 7.70. The molecular formula is C11H17N3O2. The second-order valence-corrected chi connectivity index (χ2v) is 3.49. The lowest BCUT2D eigenvalue weighted by Gasteiger charge is -2.11. The Morgan fingerprint density at radius 1 is 1.50 bits per heavy atom. The van der Waals surface area contributed by atoms with Crippen molar-refractivity contribution >= 4 is 5.78 Å². The molecule has 1 heterocycles. The van der Waals surface area contributed by atoms with E-state index in [0.717, 1.165) is 6.54 Å². The van der Waals surface area contributed by atoms with Crippen molar-refractivity contribution < 1.29 is 9.53 Å². The van der Waals surface area contributed by atoms with Crippen molar-refractivity contribution in [1.82, 2.24) is 15.3 Å². The summed E-state index contributed by atoms with van der Waals surface area (Å²) in [6, 6.07) is 0. The average molecular weight is 223 g/mol. The smallest absolute Gasteiger partial charge is 0.243 e. The molecule has 0 bridgehead atoms. The predicted octanol–water partition coefficient (Wildman–Crippen LogP) is 0.913. The van der Waals surface area contributed by atoms with E-state index in [9.17, 15) is 4.79 Å². The molecule has 16 heavy (non-hydrogen) atoms. The van der Waals surface area contributed by atoms with Gasteiger partial charge in [-0.3, -0.25) is 4.79 Å². The quantitative estimate of drug-likeness (QED) is 0.726. The van der Waals surface area contributed by atoms with Crippen LogP contribution in [0.5, 0.6) is 5.88 Å². The summed E-state index contributed by atoms with van der Waals surface area (Å²) in [5, 5.41) is 3.13. The first kappa shape index (κ1) is 12.6. The zero-order valence-electron chi connectivity index (χ0n) is 9.86. The van der Waals surface area contributed by atoms with Crippen molar-refractivity contribution in [2.45, 2.75) is 13.8 Å². The Morgan fingerprint density at radius 2 is 2.19 bits per heavy atom. The maximum Gasteiger partial charge on any atom is 0.243 e. The number of hydrogen-bond donors (Lipinski definition) is 1. The van der Waals surface area contributed by atoms with Crippen molar-refractivity contribution in [3.8, 4) is 5.88 Å². The molecule has 0 aromatic carbocycles. The highest BCUT2D eigenvalue weighted by Gasteiger charge is 2.20. The van der Waals surface area contributed by atoms with E-state index in [0.29, 0.717) is 12.2 Å². The van der Waals surface area contributed by atoms with E-state index >= 15 is 0 Å². The highest BCUT2D eigenvalue weighted by Crippen LogP contribution is 2.15. The minimum absolute atomic E-state index is 0.0501. The van der Waals surface area contributed by atoms with Gasteiger partial charge in [0.2, 0.25) is 5.88 Å². The first-order valence-corrected chi connectivity index (χ1v) is 5.30. The van der Waals surface area contributed by atoms with E-state index in [1.807, 2.05) is 13.8 Å². The average Bonchev–Trinajstić information content (AvgIpc) is 2.34. The van der Waals surface area contributed by atoms with Crippen molar-refractivity contribution in [2.75, 3.05) is 20.2 Å². The van der Waals surface area contributed by atoms with Gasteiger partial charge in [0.05, 0.1) is 7.11 Å². The largest absolute Gasteiger partial charge is 0.479 e. The molecule has 0 fully saturated rings. The minimum Gasteiger partial charge on any atom is -0.479 e. The van der Waals surface area contributed by atoms with Crippen LogP contribution in [0.4, 0.5) is 0 Å². The Morgan fingerprint density at radius 3 is 2.81 bits per heavy atom. The Hall–Kier alpha value is -1.49. The topological polar surface area (TPSA) is 64.1 Å². The van der Waals surface area contributed by atoms with Crippen molar-refractivity contribution in [2.24, 2.45) is 5.92 Å². The van der Waals surface area contributed by atoms with Crippen molar-refractivity contribution in [1.29, 1.82) is 0 Å². The van der Waals surface area contributed by atoms with Gasteiger partial charge in [-0.25, -0.2) is 9.97 Å². The highest BCUT2D eigenvalue weighted by molar-refractivity contribution is 5.97.